The Balaban J connectivity index is 2.69. The maximum atomic E-state index is 14.1. The van der Waals surface area contributed by atoms with Gasteiger partial charge in [-0.25, -0.2) is 18.0 Å². The smallest absolute Gasteiger partial charge is 0.410 e. The van der Waals surface area contributed by atoms with Gasteiger partial charge in [0.2, 0.25) is 0 Å². The second-order valence-corrected chi connectivity index (χ2v) is 5.53. The Labute approximate surface area is 104 Å². The number of alkyl halides is 3. The second-order valence-electron chi connectivity index (χ2n) is 5.53. The topological polar surface area (TPSA) is 55.6 Å². The number of nitrogens with two attached hydrogens (primary N) is 1. The van der Waals surface area contributed by atoms with Crippen LogP contribution in [0.3, 0.4) is 0 Å². The van der Waals surface area contributed by atoms with Crippen molar-refractivity contribution in [2.24, 2.45) is 5.73 Å². The van der Waals surface area contributed by atoms with Crippen molar-refractivity contribution in [1.82, 2.24) is 4.90 Å². The summed E-state index contributed by atoms with van der Waals surface area (Å²) in [5.41, 5.74) is 1.36. The number of hydrogen-bond donors (Lipinski definition) is 1. The highest BCUT2D eigenvalue weighted by molar-refractivity contribution is 5.68. The Morgan fingerprint density at radius 2 is 2.00 bits per heavy atom. The van der Waals surface area contributed by atoms with Crippen molar-refractivity contribution in [3.8, 4) is 0 Å². The van der Waals surface area contributed by atoms with Crippen LogP contribution >= 0.6 is 0 Å². The first-order chi connectivity index (χ1) is 8.01. The number of carbonyl (C=O) groups is 1. The molecule has 1 saturated heterocycles. The normalized spacial score (nSPS) is 25.4. The fourth-order valence-corrected chi connectivity index (χ4v) is 1.74. The second kappa shape index (κ2) is 4.60. The lowest BCUT2D eigenvalue weighted by Gasteiger charge is -2.29. The minimum Gasteiger partial charge on any atom is -0.444 e. The molecule has 0 radical (unpaired) electrons. The third-order valence-electron chi connectivity index (χ3n) is 2.78. The van der Waals surface area contributed by atoms with E-state index in [1.165, 1.54) is 0 Å². The molecule has 1 heterocycles. The highest BCUT2D eigenvalue weighted by Gasteiger charge is 2.58. The van der Waals surface area contributed by atoms with Gasteiger partial charge < -0.3 is 15.4 Å². The number of rotatable bonds is 2. The van der Waals surface area contributed by atoms with Gasteiger partial charge in [0.15, 0.2) is 5.67 Å². The van der Waals surface area contributed by atoms with E-state index < -0.39 is 42.8 Å². The first-order valence-electron chi connectivity index (χ1n) is 5.75. The van der Waals surface area contributed by atoms with Gasteiger partial charge in [0.25, 0.3) is 5.92 Å². The van der Waals surface area contributed by atoms with Gasteiger partial charge in [-0.3, -0.25) is 0 Å². The number of ether oxygens (including phenoxy) is 1. The monoisotopic (exact) mass is 268 g/mol. The van der Waals surface area contributed by atoms with Crippen LogP contribution in [0.5, 0.6) is 0 Å². The molecule has 0 aromatic carbocycles. The van der Waals surface area contributed by atoms with E-state index in [2.05, 4.69) is 0 Å². The molecular weight excluding hydrogens is 249 g/mol. The predicted octanol–water partition coefficient (Wildman–Crippen LogP) is 1.93. The van der Waals surface area contributed by atoms with E-state index in [9.17, 15) is 18.0 Å². The Morgan fingerprint density at radius 3 is 2.44 bits per heavy atom. The van der Waals surface area contributed by atoms with E-state index in [1.54, 1.807) is 20.8 Å². The lowest BCUT2D eigenvalue weighted by Crippen LogP contribution is -2.51. The van der Waals surface area contributed by atoms with Crippen molar-refractivity contribution >= 4 is 6.09 Å². The first-order valence-corrected chi connectivity index (χ1v) is 5.75. The summed E-state index contributed by atoms with van der Waals surface area (Å²) in [4.78, 5) is 12.6. The van der Waals surface area contributed by atoms with E-state index in [4.69, 9.17) is 10.5 Å². The molecule has 1 amide bonds. The van der Waals surface area contributed by atoms with Crippen LogP contribution in [0, 0.1) is 0 Å². The van der Waals surface area contributed by atoms with Gasteiger partial charge in [0, 0.05) is 13.0 Å². The highest BCUT2D eigenvalue weighted by Crippen LogP contribution is 2.39. The summed E-state index contributed by atoms with van der Waals surface area (Å²) in [6.07, 6.45) is -1.22. The van der Waals surface area contributed by atoms with Gasteiger partial charge >= 0.3 is 6.09 Å². The standard InChI is InChI=1S/C11H19F3N2O2/c1-9(2,3)18-8(17)16-5-4-10(12,7-16)11(13,14)6-15/h4-7,15H2,1-3H3. The van der Waals surface area contributed by atoms with Crippen molar-refractivity contribution in [3.63, 3.8) is 0 Å². The predicted molar refractivity (Wildman–Crippen MR) is 60.3 cm³/mol. The summed E-state index contributed by atoms with van der Waals surface area (Å²) in [7, 11) is 0. The van der Waals surface area contributed by atoms with Crippen LogP contribution in [0.15, 0.2) is 0 Å². The molecule has 1 fully saturated rings. The number of halogens is 3. The summed E-state index contributed by atoms with van der Waals surface area (Å²) in [6, 6.07) is 0. The zero-order valence-electron chi connectivity index (χ0n) is 10.8. The summed E-state index contributed by atoms with van der Waals surface area (Å²) in [5.74, 6) is -3.64. The Hall–Kier alpha value is -0.980. The molecule has 1 aliphatic heterocycles. The minimum atomic E-state index is -3.64. The van der Waals surface area contributed by atoms with Gasteiger partial charge in [-0.1, -0.05) is 0 Å². The Morgan fingerprint density at radius 1 is 1.44 bits per heavy atom. The quantitative estimate of drug-likeness (QED) is 0.832. The average molecular weight is 268 g/mol. The zero-order chi connectivity index (χ0) is 14.2. The van der Waals surface area contributed by atoms with Crippen LogP contribution in [-0.4, -0.2) is 47.8 Å². The lowest BCUT2D eigenvalue weighted by molar-refractivity contribution is -0.123. The molecule has 1 aliphatic rings. The molecule has 0 saturated carbocycles. The molecule has 0 aromatic rings. The summed E-state index contributed by atoms with van der Waals surface area (Å²) in [5, 5.41) is 0. The van der Waals surface area contributed by atoms with Crippen molar-refractivity contribution in [1.29, 1.82) is 0 Å². The maximum Gasteiger partial charge on any atom is 0.410 e. The molecular formula is C11H19F3N2O2. The van der Waals surface area contributed by atoms with Crippen LogP contribution < -0.4 is 5.73 Å². The molecule has 0 bridgehead atoms. The number of likely N-dealkylation sites (tertiary alicyclic amines) is 1. The van der Waals surface area contributed by atoms with Crippen LogP contribution in [0.1, 0.15) is 27.2 Å². The molecule has 1 rings (SSSR count). The molecule has 106 valence electrons. The summed E-state index contributed by atoms with van der Waals surface area (Å²) in [6.45, 7) is 3.09. The van der Waals surface area contributed by atoms with Crippen molar-refractivity contribution in [2.45, 2.75) is 44.4 Å². The fraction of sp³-hybridized carbons (Fsp3) is 0.909. The van der Waals surface area contributed by atoms with Gasteiger partial charge in [-0.15, -0.1) is 0 Å². The molecule has 1 unspecified atom stereocenters. The third-order valence-corrected chi connectivity index (χ3v) is 2.78. The Bertz CT molecular complexity index is 331. The van der Waals surface area contributed by atoms with Crippen LogP contribution in [0.2, 0.25) is 0 Å². The minimum absolute atomic E-state index is 0.0962. The van der Waals surface area contributed by atoms with E-state index in [0.717, 1.165) is 4.90 Å². The number of carbonyl (C=O) groups excluding carboxylic acids is 1. The lowest BCUT2D eigenvalue weighted by atomic mass is 9.97. The van der Waals surface area contributed by atoms with E-state index >= 15 is 0 Å². The average Bonchev–Trinajstić information content (AvgIpc) is 2.60. The largest absolute Gasteiger partial charge is 0.444 e. The molecule has 0 aromatic heterocycles. The van der Waals surface area contributed by atoms with E-state index in [0.29, 0.717) is 0 Å². The van der Waals surface area contributed by atoms with Crippen LogP contribution in [-0.2, 0) is 4.74 Å². The SMILES string of the molecule is CC(C)(C)OC(=O)N1CCC(F)(C(F)(F)CN)C1. The molecule has 4 nitrogen and oxygen atoms in total. The van der Waals surface area contributed by atoms with E-state index in [-0.39, 0.29) is 6.54 Å². The first kappa shape index (κ1) is 15.1. The Kier molecular flexibility index (Phi) is 3.86. The third kappa shape index (κ3) is 3.07. The summed E-state index contributed by atoms with van der Waals surface area (Å²) >= 11 is 0. The van der Waals surface area contributed by atoms with Crippen molar-refractivity contribution in [3.05, 3.63) is 0 Å². The number of amides is 1. The summed E-state index contributed by atoms with van der Waals surface area (Å²) < 4.78 is 45.7. The van der Waals surface area contributed by atoms with Crippen LogP contribution in [0.4, 0.5) is 18.0 Å². The molecule has 7 heteroatoms. The van der Waals surface area contributed by atoms with Gasteiger partial charge in [0.05, 0.1) is 13.1 Å². The molecule has 0 aliphatic carbocycles. The van der Waals surface area contributed by atoms with Gasteiger partial charge in [0.1, 0.15) is 5.60 Å². The molecule has 18 heavy (non-hydrogen) atoms. The zero-order valence-corrected chi connectivity index (χ0v) is 10.8. The number of hydrogen-bond acceptors (Lipinski definition) is 3. The van der Waals surface area contributed by atoms with Crippen LogP contribution in [0.25, 0.3) is 0 Å². The molecule has 0 spiro atoms. The van der Waals surface area contributed by atoms with E-state index in [1.807, 2.05) is 0 Å². The number of nitrogens with zero attached hydrogens (tertiary/aromatic N) is 1. The van der Waals surface area contributed by atoms with Crippen molar-refractivity contribution in [2.75, 3.05) is 19.6 Å². The highest BCUT2D eigenvalue weighted by atomic mass is 19.3. The molecule has 2 N–H and O–H groups in total. The van der Waals surface area contributed by atoms with Crippen molar-refractivity contribution < 1.29 is 22.7 Å². The maximum absolute atomic E-state index is 14.1. The van der Waals surface area contributed by atoms with Gasteiger partial charge in [-0.2, -0.15) is 0 Å². The molecule has 1 atom stereocenters. The fourth-order valence-electron chi connectivity index (χ4n) is 1.74. The van der Waals surface area contributed by atoms with Gasteiger partial charge in [-0.05, 0) is 20.8 Å².